The average molecular weight is 277 g/mol. The zero-order valence-electron chi connectivity index (χ0n) is 14.2. The van der Waals surface area contributed by atoms with E-state index in [0.29, 0.717) is 5.92 Å². The molecule has 0 aromatic carbocycles. The van der Waals surface area contributed by atoms with Gasteiger partial charge in [0.25, 0.3) is 0 Å². The summed E-state index contributed by atoms with van der Waals surface area (Å²) in [6.07, 6.45) is 3.10. The highest BCUT2D eigenvalue weighted by Crippen LogP contribution is 2.26. The van der Waals surface area contributed by atoms with Gasteiger partial charge in [-0.1, -0.05) is 20.8 Å². The molecule has 0 unspecified atom stereocenters. The summed E-state index contributed by atoms with van der Waals surface area (Å²) in [5, 5.41) is 3.46. The predicted octanol–water partition coefficient (Wildman–Crippen LogP) is 3.76. The molecule has 0 saturated heterocycles. The SMILES string of the molecule is CCC(C)(C)N(C)c1ncc(CNCC(C)C)cc1C. The Morgan fingerprint density at radius 2 is 2.00 bits per heavy atom. The third-order valence-corrected chi connectivity index (χ3v) is 4.08. The Morgan fingerprint density at radius 3 is 2.50 bits per heavy atom. The van der Waals surface area contributed by atoms with Crippen molar-refractivity contribution in [3.8, 4) is 0 Å². The normalized spacial score (nSPS) is 12.0. The lowest BCUT2D eigenvalue weighted by molar-refractivity contribution is 0.466. The van der Waals surface area contributed by atoms with Crippen LogP contribution in [0.15, 0.2) is 12.3 Å². The minimum Gasteiger partial charge on any atom is -0.354 e. The molecular weight excluding hydrogens is 246 g/mol. The fourth-order valence-corrected chi connectivity index (χ4v) is 2.10. The fraction of sp³-hybridized carbons (Fsp3) is 0.706. The van der Waals surface area contributed by atoms with E-state index in [-0.39, 0.29) is 5.54 Å². The van der Waals surface area contributed by atoms with Gasteiger partial charge in [0.05, 0.1) is 0 Å². The van der Waals surface area contributed by atoms with Gasteiger partial charge in [0.2, 0.25) is 0 Å². The monoisotopic (exact) mass is 277 g/mol. The van der Waals surface area contributed by atoms with Crippen molar-refractivity contribution in [1.82, 2.24) is 10.3 Å². The van der Waals surface area contributed by atoms with Crippen molar-refractivity contribution in [2.45, 2.75) is 60.0 Å². The summed E-state index contributed by atoms with van der Waals surface area (Å²) in [6.45, 7) is 15.3. The molecule has 1 N–H and O–H groups in total. The number of nitrogens with one attached hydrogen (secondary N) is 1. The first-order chi connectivity index (χ1) is 9.27. The van der Waals surface area contributed by atoms with Crippen molar-refractivity contribution >= 4 is 5.82 Å². The lowest BCUT2D eigenvalue weighted by Crippen LogP contribution is -2.41. The number of pyridine rings is 1. The molecule has 0 aliphatic heterocycles. The van der Waals surface area contributed by atoms with Crippen LogP contribution in [-0.4, -0.2) is 24.1 Å². The summed E-state index contributed by atoms with van der Waals surface area (Å²) >= 11 is 0. The van der Waals surface area contributed by atoms with E-state index in [1.54, 1.807) is 0 Å². The molecule has 3 nitrogen and oxygen atoms in total. The van der Waals surface area contributed by atoms with Crippen molar-refractivity contribution in [2.75, 3.05) is 18.5 Å². The van der Waals surface area contributed by atoms with E-state index in [4.69, 9.17) is 0 Å². The van der Waals surface area contributed by atoms with E-state index in [2.05, 4.69) is 69.9 Å². The molecule has 0 saturated carbocycles. The van der Waals surface area contributed by atoms with Gasteiger partial charge in [-0.15, -0.1) is 0 Å². The third-order valence-electron chi connectivity index (χ3n) is 4.08. The molecule has 3 heteroatoms. The number of nitrogens with zero attached hydrogens (tertiary/aromatic N) is 2. The molecule has 1 rings (SSSR count). The van der Waals surface area contributed by atoms with Gasteiger partial charge in [-0.3, -0.25) is 0 Å². The largest absolute Gasteiger partial charge is 0.354 e. The first kappa shape index (κ1) is 17.0. The first-order valence-electron chi connectivity index (χ1n) is 7.68. The number of hydrogen-bond donors (Lipinski definition) is 1. The number of hydrogen-bond acceptors (Lipinski definition) is 3. The second-order valence-corrected chi connectivity index (χ2v) is 6.73. The predicted molar refractivity (Wildman–Crippen MR) is 88.3 cm³/mol. The number of aryl methyl sites for hydroxylation is 1. The maximum absolute atomic E-state index is 4.68. The van der Waals surface area contributed by atoms with Crippen molar-refractivity contribution in [3.63, 3.8) is 0 Å². The molecule has 0 atom stereocenters. The van der Waals surface area contributed by atoms with Gasteiger partial charge in [-0.2, -0.15) is 0 Å². The second kappa shape index (κ2) is 7.07. The zero-order chi connectivity index (χ0) is 15.3. The van der Waals surface area contributed by atoms with E-state index < -0.39 is 0 Å². The molecule has 20 heavy (non-hydrogen) atoms. The zero-order valence-corrected chi connectivity index (χ0v) is 14.2. The molecule has 1 aromatic rings. The molecular formula is C17H31N3. The van der Waals surface area contributed by atoms with Crippen molar-refractivity contribution < 1.29 is 0 Å². The van der Waals surface area contributed by atoms with Gasteiger partial charge >= 0.3 is 0 Å². The summed E-state index contributed by atoms with van der Waals surface area (Å²) in [4.78, 5) is 6.96. The van der Waals surface area contributed by atoms with E-state index >= 15 is 0 Å². The highest BCUT2D eigenvalue weighted by atomic mass is 15.2. The minimum atomic E-state index is 0.134. The Labute approximate surface area is 124 Å². The third kappa shape index (κ3) is 4.48. The number of rotatable bonds is 7. The minimum absolute atomic E-state index is 0.134. The van der Waals surface area contributed by atoms with E-state index in [1.165, 1.54) is 11.1 Å². The van der Waals surface area contributed by atoms with Crippen LogP contribution >= 0.6 is 0 Å². The van der Waals surface area contributed by atoms with Gasteiger partial charge in [0.15, 0.2) is 0 Å². The van der Waals surface area contributed by atoms with Crippen molar-refractivity contribution in [2.24, 2.45) is 5.92 Å². The van der Waals surface area contributed by atoms with Crippen LogP contribution in [0.3, 0.4) is 0 Å². The Hall–Kier alpha value is -1.09. The van der Waals surface area contributed by atoms with E-state index in [0.717, 1.165) is 25.3 Å². The number of anilines is 1. The molecule has 0 bridgehead atoms. The van der Waals surface area contributed by atoms with Gasteiger partial charge in [0.1, 0.15) is 5.82 Å². The second-order valence-electron chi connectivity index (χ2n) is 6.73. The topological polar surface area (TPSA) is 28.2 Å². The quantitative estimate of drug-likeness (QED) is 0.822. The van der Waals surface area contributed by atoms with Gasteiger partial charge in [-0.25, -0.2) is 4.98 Å². The van der Waals surface area contributed by atoms with E-state index in [9.17, 15) is 0 Å². The Kier molecular flexibility index (Phi) is 6.00. The lowest BCUT2D eigenvalue weighted by Gasteiger charge is -2.36. The van der Waals surface area contributed by atoms with Crippen LogP contribution in [0.2, 0.25) is 0 Å². The van der Waals surface area contributed by atoms with Crippen LogP contribution in [0.25, 0.3) is 0 Å². The molecule has 0 spiro atoms. The lowest BCUT2D eigenvalue weighted by atomic mass is 9.99. The maximum atomic E-state index is 4.68. The van der Waals surface area contributed by atoms with Gasteiger partial charge < -0.3 is 10.2 Å². The summed E-state index contributed by atoms with van der Waals surface area (Å²) in [6, 6.07) is 2.25. The molecule has 0 fully saturated rings. The summed E-state index contributed by atoms with van der Waals surface area (Å²) < 4.78 is 0. The molecule has 1 heterocycles. The Balaban J connectivity index is 2.78. The van der Waals surface area contributed by atoms with Gasteiger partial charge in [-0.05, 0) is 56.8 Å². The molecule has 0 radical (unpaired) electrons. The van der Waals surface area contributed by atoms with Crippen LogP contribution in [0.5, 0.6) is 0 Å². The standard InChI is InChI=1S/C17H31N3/c1-8-17(5,6)20(7)16-14(4)9-15(12-19-16)11-18-10-13(2)3/h9,12-13,18H,8,10-11H2,1-7H3. The van der Waals surface area contributed by atoms with Crippen LogP contribution in [-0.2, 0) is 6.54 Å². The Bertz CT molecular complexity index is 424. The van der Waals surface area contributed by atoms with Crippen LogP contribution < -0.4 is 10.2 Å². The van der Waals surface area contributed by atoms with Crippen molar-refractivity contribution in [1.29, 1.82) is 0 Å². The highest BCUT2D eigenvalue weighted by Gasteiger charge is 2.23. The first-order valence-corrected chi connectivity index (χ1v) is 7.68. The van der Waals surface area contributed by atoms with Crippen LogP contribution in [0.4, 0.5) is 5.82 Å². The molecule has 0 amide bonds. The molecule has 1 aromatic heterocycles. The number of aromatic nitrogens is 1. The van der Waals surface area contributed by atoms with Crippen molar-refractivity contribution in [3.05, 3.63) is 23.4 Å². The Morgan fingerprint density at radius 1 is 1.35 bits per heavy atom. The maximum Gasteiger partial charge on any atom is 0.131 e. The molecule has 114 valence electrons. The van der Waals surface area contributed by atoms with Crippen LogP contribution in [0, 0.1) is 12.8 Å². The summed E-state index contributed by atoms with van der Waals surface area (Å²) in [7, 11) is 2.13. The summed E-state index contributed by atoms with van der Waals surface area (Å²) in [5.74, 6) is 1.77. The smallest absolute Gasteiger partial charge is 0.131 e. The fourth-order valence-electron chi connectivity index (χ4n) is 2.10. The summed E-state index contributed by atoms with van der Waals surface area (Å²) in [5.41, 5.74) is 2.64. The molecule has 0 aliphatic carbocycles. The van der Waals surface area contributed by atoms with E-state index in [1.807, 2.05) is 6.20 Å². The van der Waals surface area contributed by atoms with Gasteiger partial charge in [0, 0.05) is 25.3 Å². The van der Waals surface area contributed by atoms with Crippen LogP contribution in [0.1, 0.15) is 52.2 Å². The highest BCUT2D eigenvalue weighted by molar-refractivity contribution is 5.48. The average Bonchev–Trinajstić information content (AvgIpc) is 2.37. The molecule has 0 aliphatic rings.